The number of amides is 1. The number of aryl methyl sites for hydroxylation is 1. The molecule has 1 atom stereocenters. The van der Waals surface area contributed by atoms with Crippen LogP contribution in [0.2, 0.25) is 10.0 Å². The first kappa shape index (κ1) is 24.6. The van der Waals surface area contributed by atoms with Gasteiger partial charge in [0, 0.05) is 34.9 Å². The Hall–Kier alpha value is -2.57. The molecular formula is C26H30Cl2N4O2. The molecule has 0 spiro atoms. The minimum Gasteiger partial charge on any atom is -0.371 e. The van der Waals surface area contributed by atoms with Crippen molar-refractivity contribution in [2.45, 2.75) is 52.6 Å². The molecular weight excluding hydrogens is 471 g/mol. The first-order valence-electron chi connectivity index (χ1n) is 11.5. The van der Waals surface area contributed by atoms with Crippen molar-refractivity contribution < 1.29 is 9.32 Å². The summed E-state index contributed by atoms with van der Waals surface area (Å²) in [5.74, 6) is 0.757. The van der Waals surface area contributed by atoms with E-state index >= 15 is 0 Å². The van der Waals surface area contributed by atoms with Crippen LogP contribution in [0.5, 0.6) is 0 Å². The molecule has 0 saturated carbocycles. The zero-order valence-corrected chi connectivity index (χ0v) is 21.5. The molecule has 0 aliphatic carbocycles. The van der Waals surface area contributed by atoms with Crippen LogP contribution in [0, 0.1) is 12.8 Å². The van der Waals surface area contributed by atoms with E-state index in [-0.39, 0.29) is 18.4 Å². The fraction of sp³-hybridized carbons (Fsp3) is 0.423. The maximum atomic E-state index is 13.7. The van der Waals surface area contributed by atoms with Crippen molar-refractivity contribution in [3.63, 3.8) is 0 Å². The molecule has 6 nitrogen and oxygen atoms in total. The number of carbonyl (C=O) groups excluding carboxylic acids is 1. The number of hydrogen-bond donors (Lipinski definition) is 0. The van der Waals surface area contributed by atoms with E-state index in [4.69, 9.17) is 27.7 Å². The van der Waals surface area contributed by atoms with Gasteiger partial charge in [0.1, 0.15) is 6.54 Å². The SMILES string of the molecule is Cc1ccc(N2CCC[C@@H](C(=O)N(Cc3nc(-c4ccc(Cl)cc4Cl)no3)C(C)(C)C)C2)cc1. The van der Waals surface area contributed by atoms with Crippen molar-refractivity contribution in [3.8, 4) is 11.4 Å². The highest BCUT2D eigenvalue weighted by atomic mass is 35.5. The Morgan fingerprint density at radius 3 is 2.59 bits per heavy atom. The Morgan fingerprint density at radius 2 is 1.91 bits per heavy atom. The molecule has 34 heavy (non-hydrogen) atoms. The summed E-state index contributed by atoms with van der Waals surface area (Å²) >= 11 is 12.3. The van der Waals surface area contributed by atoms with Crippen LogP contribution < -0.4 is 4.90 Å². The third-order valence-electron chi connectivity index (χ3n) is 6.18. The summed E-state index contributed by atoms with van der Waals surface area (Å²) in [5, 5.41) is 5.07. The quantitative estimate of drug-likeness (QED) is 0.405. The summed E-state index contributed by atoms with van der Waals surface area (Å²) in [7, 11) is 0. The molecule has 2 aromatic carbocycles. The van der Waals surface area contributed by atoms with Gasteiger partial charge in [0.05, 0.1) is 10.9 Å². The van der Waals surface area contributed by atoms with Crippen molar-refractivity contribution in [3.05, 3.63) is 64.0 Å². The van der Waals surface area contributed by atoms with Gasteiger partial charge >= 0.3 is 0 Å². The van der Waals surface area contributed by atoms with Gasteiger partial charge < -0.3 is 14.3 Å². The molecule has 8 heteroatoms. The number of carbonyl (C=O) groups is 1. The number of anilines is 1. The van der Waals surface area contributed by atoms with E-state index in [9.17, 15) is 4.79 Å². The number of halogens is 2. The standard InChI is InChI=1S/C26H30Cl2N4O2/c1-17-7-10-20(11-8-17)31-13-5-6-18(15-31)25(33)32(26(2,3)4)16-23-29-24(30-34-23)21-12-9-19(27)14-22(21)28/h7-12,14,18H,5-6,13,15-16H2,1-4H3/t18-/m1/s1. The van der Waals surface area contributed by atoms with Crippen LogP contribution in [0.1, 0.15) is 45.1 Å². The van der Waals surface area contributed by atoms with Crippen molar-refractivity contribution in [1.29, 1.82) is 0 Å². The highest BCUT2D eigenvalue weighted by molar-refractivity contribution is 6.36. The first-order valence-corrected chi connectivity index (χ1v) is 12.3. The van der Waals surface area contributed by atoms with Gasteiger partial charge in [-0.05, 0) is 70.9 Å². The molecule has 1 amide bonds. The topological polar surface area (TPSA) is 62.5 Å². The van der Waals surface area contributed by atoms with Crippen LogP contribution in [-0.4, -0.2) is 39.6 Å². The van der Waals surface area contributed by atoms with Crippen LogP contribution in [0.4, 0.5) is 5.69 Å². The lowest BCUT2D eigenvalue weighted by atomic mass is 9.93. The number of hydrogen-bond acceptors (Lipinski definition) is 5. The van der Waals surface area contributed by atoms with Crippen molar-refractivity contribution in [2.24, 2.45) is 5.92 Å². The molecule has 1 aliphatic rings. The Labute approximate surface area is 210 Å². The van der Waals surface area contributed by atoms with Gasteiger partial charge in [-0.3, -0.25) is 4.79 Å². The van der Waals surface area contributed by atoms with E-state index in [2.05, 4.69) is 46.2 Å². The third-order valence-corrected chi connectivity index (χ3v) is 6.73. The summed E-state index contributed by atoms with van der Waals surface area (Å²) in [6.07, 6.45) is 1.84. The monoisotopic (exact) mass is 500 g/mol. The normalized spacial score (nSPS) is 16.5. The molecule has 0 bridgehead atoms. The Kier molecular flexibility index (Phi) is 7.20. The molecule has 0 unspecified atom stereocenters. The number of nitrogens with zero attached hydrogens (tertiary/aromatic N) is 4. The van der Waals surface area contributed by atoms with Crippen LogP contribution in [0.25, 0.3) is 11.4 Å². The van der Waals surface area contributed by atoms with Crippen LogP contribution in [-0.2, 0) is 11.3 Å². The highest BCUT2D eigenvalue weighted by Crippen LogP contribution is 2.30. The minimum atomic E-state index is -0.407. The Morgan fingerprint density at radius 1 is 1.18 bits per heavy atom. The van der Waals surface area contributed by atoms with E-state index in [0.717, 1.165) is 25.1 Å². The summed E-state index contributed by atoms with van der Waals surface area (Å²) in [5.41, 5.74) is 2.61. The molecule has 0 N–H and O–H groups in total. The van der Waals surface area contributed by atoms with Crippen molar-refractivity contribution >= 4 is 34.8 Å². The maximum Gasteiger partial charge on any atom is 0.246 e. The molecule has 4 rings (SSSR count). The molecule has 0 radical (unpaired) electrons. The smallest absolute Gasteiger partial charge is 0.246 e. The fourth-order valence-corrected chi connectivity index (χ4v) is 4.76. The highest BCUT2D eigenvalue weighted by Gasteiger charge is 2.35. The predicted molar refractivity (Wildman–Crippen MR) is 136 cm³/mol. The number of piperidine rings is 1. The van der Waals surface area contributed by atoms with Gasteiger partial charge in [-0.15, -0.1) is 0 Å². The fourth-order valence-electron chi connectivity index (χ4n) is 4.27. The van der Waals surface area contributed by atoms with Crippen LogP contribution in [0.3, 0.4) is 0 Å². The molecule has 1 fully saturated rings. The largest absolute Gasteiger partial charge is 0.371 e. The van der Waals surface area contributed by atoms with E-state index in [1.807, 2.05) is 25.7 Å². The lowest BCUT2D eigenvalue weighted by Gasteiger charge is -2.40. The summed E-state index contributed by atoms with van der Waals surface area (Å²) in [6, 6.07) is 13.6. The Bertz CT molecular complexity index is 1150. The van der Waals surface area contributed by atoms with Crippen molar-refractivity contribution in [2.75, 3.05) is 18.0 Å². The number of aromatic nitrogens is 2. The maximum absolute atomic E-state index is 13.7. The van der Waals surface area contributed by atoms with E-state index in [1.54, 1.807) is 18.2 Å². The molecule has 2 heterocycles. The third kappa shape index (κ3) is 5.56. The zero-order chi connectivity index (χ0) is 24.5. The molecule has 1 saturated heterocycles. The van der Waals surface area contributed by atoms with Gasteiger partial charge in [0.2, 0.25) is 17.6 Å². The van der Waals surface area contributed by atoms with Crippen molar-refractivity contribution in [1.82, 2.24) is 15.0 Å². The Balaban J connectivity index is 1.51. The molecule has 180 valence electrons. The molecule has 3 aromatic rings. The van der Waals surface area contributed by atoms with Gasteiger partial charge in [-0.25, -0.2) is 0 Å². The summed E-state index contributed by atoms with van der Waals surface area (Å²) < 4.78 is 5.51. The number of benzene rings is 2. The lowest BCUT2D eigenvalue weighted by molar-refractivity contribution is -0.142. The summed E-state index contributed by atoms with van der Waals surface area (Å²) in [6.45, 7) is 10.1. The van der Waals surface area contributed by atoms with E-state index < -0.39 is 5.54 Å². The lowest BCUT2D eigenvalue weighted by Crippen LogP contribution is -2.51. The van der Waals surface area contributed by atoms with Crippen LogP contribution >= 0.6 is 23.2 Å². The second kappa shape index (κ2) is 9.96. The molecule has 1 aromatic heterocycles. The van der Waals surface area contributed by atoms with Gasteiger partial charge in [0.15, 0.2) is 0 Å². The van der Waals surface area contributed by atoms with E-state index in [1.165, 1.54) is 5.56 Å². The summed E-state index contributed by atoms with van der Waals surface area (Å²) in [4.78, 5) is 22.4. The second-order valence-corrected chi connectivity index (χ2v) is 10.7. The molecule has 1 aliphatic heterocycles. The number of rotatable bonds is 5. The van der Waals surface area contributed by atoms with Gasteiger partial charge in [0.25, 0.3) is 0 Å². The second-order valence-electron chi connectivity index (χ2n) is 9.85. The van der Waals surface area contributed by atoms with Crippen LogP contribution in [0.15, 0.2) is 47.0 Å². The average molecular weight is 501 g/mol. The minimum absolute atomic E-state index is 0.0950. The first-order chi connectivity index (χ1) is 16.1. The van der Waals surface area contributed by atoms with Gasteiger partial charge in [-0.2, -0.15) is 4.98 Å². The predicted octanol–water partition coefficient (Wildman–Crippen LogP) is 6.40. The van der Waals surface area contributed by atoms with E-state index in [0.29, 0.717) is 33.9 Å². The van der Waals surface area contributed by atoms with Gasteiger partial charge in [-0.1, -0.05) is 46.1 Å². The zero-order valence-electron chi connectivity index (χ0n) is 20.0. The average Bonchev–Trinajstić information content (AvgIpc) is 3.25.